The minimum Gasteiger partial charge on any atom is -0.352 e. The van der Waals surface area contributed by atoms with Crippen molar-refractivity contribution in [3.05, 3.63) is 0 Å². The van der Waals surface area contributed by atoms with Gasteiger partial charge >= 0.3 is 0 Å². The number of hydrogen-bond donors (Lipinski definition) is 2. The number of hydrogen-bond acceptors (Lipinski definition) is 2. The van der Waals surface area contributed by atoms with E-state index >= 15 is 0 Å². The number of nitrogens with one attached hydrogen (secondary N) is 2. The van der Waals surface area contributed by atoms with Crippen molar-refractivity contribution in [3.8, 4) is 0 Å². The Labute approximate surface area is 111 Å². The van der Waals surface area contributed by atoms with Crippen molar-refractivity contribution in [2.24, 2.45) is 5.92 Å². The maximum Gasteiger partial charge on any atom is 0.237 e. The van der Waals surface area contributed by atoms with Crippen LogP contribution in [0, 0.1) is 5.92 Å². The van der Waals surface area contributed by atoms with E-state index in [1.165, 1.54) is 38.5 Å². The number of rotatable bonds is 5. The molecule has 1 unspecified atom stereocenters. The van der Waals surface area contributed by atoms with Crippen LogP contribution < -0.4 is 10.6 Å². The molecule has 104 valence electrons. The van der Waals surface area contributed by atoms with Gasteiger partial charge in [0.05, 0.1) is 6.04 Å². The molecule has 0 heterocycles. The van der Waals surface area contributed by atoms with Gasteiger partial charge in [0.25, 0.3) is 0 Å². The highest BCUT2D eigenvalue weighted by molar-refractivity contribution is 5.81. The highest BCUT2D eigenvalue weighted by Gasteiger charge is 2.27. The molecule has 2 rings (SSSR count). The zero-order valence-corrected chi connectivity index (χ0v) is 11.9. The summed E-state index contributed by atoms with van der Waals surface area (Å²) in [7, 11) is 0. The lowest BCUT2D eigenvalue weighted by molar-refractivity contribution is -0.123. The van der Waals surface area contributed by atoms with E-state index in [9.17, 15) is 4.79 Å². The van der Waals surface area contributed by atoms with Crippen molar-refractivity contribution in [3.63, 3.8) is 0 Å². The first-order valence-corrected chi connectivity index (χ1v) is 7.73. The number of carbonyl (C=O) groups is 1. The molecule has 2 saturated carbocycles. The van der Waals surface area contributed by atoms with E-state index in [0.717, 1.165) is 18.8 Å². The second-order valence-electron chi connectivity index (χ2n) is 6.21. The summed E-state index contributed by atoms with van der Waals surface area (Å²) in [6.45, 7) is 4.24. The zero-order valence-electron chi connectivity index (χ0n) is 11.9. The Morgan fingerprint density at radius 2 is 1.61 bits per heavy atom. The molecular formula is C15H28N2O. The minimum absolute atomic E-state index is 0.0520. The molecule has 0 spiro atoms. The molecule has 2 fully saturated rings. The van der Waals surface area contributed by atoms with Gasteiger partial charge in [0.1, 0.15) is 0 Å². The van der Waals surface area contributed by atoms with Crippen LogP contribution in [0.4, 0.5) is 0 Å². The van der Waals surface area contributed by atoms with Crippen LogP contribution in [0.15, 0.2) is 0 Å². The van der Waals surface area contributed by atoms with Crippen molar-refractivity contribution in [2.75, 3.05) is 0 Å². The predicted molar refractivity (Wildman–Crippen MR) is 74.4 cm³/mol. The summed E-state index contributed by atoms with van der Waals surface area (Å²) in [5, 5.41) is 6.57. The maximum atomic E-state index is 11.9. The van der Waals surface area contributed by atoms with Crippen molar-refractivity contribution in [1.82, 2.24) is 10.6 Å². The van der Waals surface area contributed by atoms with Crippen LogP contribution in [0.3, 0.4) is 0 Å². The molecule has 0 aromatic carbocycles. The summed E-state index contributed by atoms with van der Waals surface area (Å²) in [5.41, 5.74) is 0. The third kappa shape index (κ3) is 4.27. The van der Waals surface area contributed by atoms with Gasteiger partial charge in [-0.3, -0.25) is 4.79 Å². The van der Waals surface area contributed by atoms with Gasteiger partial charge in [0.2, 0.25) is 5.91 Å². The van der Waals surface area contributed by atoms with E-state index in [1.54, 1.807) is 0 Å². The Kier molecular flexibility index (Phi) is 5.04. The minimum atomic E-state index is -0.0520. The zero-order chi connectivity index (χ0) is 13.0. The van der Waals surface area contributed by atoms with Crippen molar-refractivity contribution in [1.29, 1.82) is 0 Å². The molecular weight excluding hydrogens is 224 g/mol. The molecule has 0 aliphatic heterocycles. The summed E-state index contributed by atoms with van der Waals surface area (Å²) >= 11 is 0. The van der Waals surface area contributed by atoms with E-state index < -0.39 is 0 Å². The van der Waals surface area contributed by atoms with E-state index in [4.69, 9.17) is 0 Å². The van der Waals surface area contributed by atoms with Gasteiger partial charge in [-0.2, -0.15) is 0 Å². The third-order valence-corrected chi connectivity index (χ3v) is 4.44. The highest BCUT2D eigenvalue weighted by Crippen LogP contribution is 2.25. The smallest absolute Gasteiger partial charge is 0.237 e. The van der Waals surface area contributed by atoms with Crippen LogP contribution in [-0.4, -0.2) is 24.0 Å². The summed E-state index contributed by atoms with van der Waals surface area (Å²) in [6, 6.07) is 0.877. The van der Waals surface area contributed by atoms with E-state index in [0.29, 0.717) is 12.1 Å². The van der Waals surface area contributed by atoms with Crippen LogP contribution >= 0.6 is 0 Å². The first kappa shape index (κ1) is 13.9. The lowest BCUT2D eigenvalue weighted by atomic mass is 9.92. The van der Waals surface area contributed by atoms with Gasteiger partial charge in [-0.05, 0) is 45.4 Å². The van der Waals surface area contributed by atoms with Gasteiger partial charge in [0.15, 0.2) is 0 Å². The molecule has 0 radical (unpaired) electrons. The Balaban J connectivity index is 1.73. The molecule has 2 aliphatic carbocycles. The summed E-state index contributed by atoms with van der Waals surface area (Å²) in [6.07, 6.45) is 10.5. The van der Waals surface area contributed by atoms with E-state index in [1.807, 2.05) is 6.92 Å². The molecule has 3 nitrogen and oxygen atoms in total. The van der Waals surface area contributed by atoms with Gasteiger partial charge < -0.3 is 10.6 Å². The normalized spacial score (nSPS) is 25.2. The standard InChI is InChI=1S/C15H28N2O/c1-11(13-7-5-3-4-6-8-13)16-12(2)15(18)17-14-9-10-14/h11-14,16H,3-10H2,1-2H3,(H,17,18)/t11-,12?/m1/s1. The molecule has 2 N–H and O–H groups in total. The van der Waals surface area contributed by atoms with Gasteiger partial charge in [-0.1, -0.05) is 25.7 Å². The molecule has 0 bridgehead atoms. The summed E-state index contributed by atoms with van der Waals surface area (Å²) in [5.74, 6) is 0.932. The average molecular weight is 252 g/mol. The maximum absolute atomic E-state index is 11.9. The van der Waals surface area contributed by atoms with Crippen LogP contribution in [0.25, 0.3) is 0 Å². The molecule has 0 aromatic heterocycles. The number of carbonyl (C=O) groups excluding carboxylic acids is 1. The van der Waals surface area contributed by atoms with Crippen molar-refractivity contribution in [2.45, 2.75) is 83.3 Å². The lowest BCUT2D eigenvalue weighted by Crippen LogP contribution is -2.48. The molecule has 3 heteroatoms. The molecule has 0 aromatic rings. The Morgan fingerprint density at radius 3 is 2.17 bits per heavy atom. The second-order valence-corrected chi connectivity index (χ2v) is 6.21. The van der Waals surface area contributed by atoms with Crippen LogP contribution in [0.1, 0.15) is 65.2 Å². The molecule has 1 amide bonds. The Bertz CT molecular complexity index is 268. The first-order valence-electron chi connectivity index (χ1n) is 7.73. The van der Waals surface area contributed by atoms with Gasteiger partial charge in [-0.25, -0.2) is 0 Å². The van der Waals surface area contributed by atoms with Crippen LogP contribution in [-0.2, 0) is 4.79 Å². The largest absolute Gasteiger partial charge is 0.352 e. The fourth-order valence-electron chi connectivity index (χ4n) is 2.97. The Hall–Kier alpha value is -0.570. The van der Waals surface area contributed by atoms with Gasteiger partial charge in [0, 0.05) is 12.1 Å². The number of amides is 1. The van der Waals surface area contributed by atoms with E-state index in [2.05, 4.69) is 17.6 Å². The van der Waals surface area contributed by atoms with E-state index in [-0.39, 0.29) is 11.9 Å². The Morgan fingerprint density at radius 1 is 1.00 bits per heavy atom. The van der Waals surface area contributed by atoms with Gasteiger partial charge in [-0.15, -0.1) is 0 Å². The first-order chi connectivity index (χ1) is 8.66. The average Bonchev–Trinajstić information content (AvgIpc) is 3.14. The van der Waals surface area contributed by atoms with Crippen LogP contribution in [0.2, 0.25) is 0 Å². The molecule has 18 heavy (non-hydrogen) atoms. The molecule has 2 atom stereocenters. The topological polar surface area (TPSA) is 41.1 Å². The van der Waals surface area contributed by atoms with Crippen molar-refractivity contribution < 1.29 is 4.79 Å². The predicted octanol–water partition coefficient (Wildman–Crippen LogP) is 2.60. The highest BCUT2D eigenvalue weighted by atomic mass is 16.2. The molecule has 2 aliphatic rings. The fraction of sp³-hybridized carbons (Fsp3) is 0.933. The monoisotopic (exact) mass is 252 g/mol. The fourth-order valence-corrected chi connectivity index (χ4v) is 2.97. The third-order valence-electron chi connectivity index (χ3n) is 4.44. The van der Waals surface area contributed by atoms with Crippen LogP contribution in [0.5, 0.6) is 0 Å². The molecule has 0 saturated heterocycles. The lowest BCUT2D eigenvalue weighted by Gasteiger charge is -2.26. The van der Waals surface area contributed by atoms with Crippen molar-refractivity contribution >= 4 is 5.91 Å². The quantitative estimate of drug-likeness (QED) is 0.738. The summed E-state index contributed by atoms with van der Waals surface area (Å²) in [4.78, 5) is 11.9. The second kappa shape index (κ2) is 6.55. The summed E-state index contributed by atoms with van der Waals surface area (Å²) < 4.78 is 0. The SMILES string of the molecule is CC(N[C@H](C)C1CCCCCC1)C(=O)NC1CC1.